The first kappa shape index (κ1) is 35.1. The van der Waals surface area contributed by atoms with Gasteiger partial charge < -0.3 is 25.4 Å². The van der Waals surface area contributed by atoms with E-state index < -0.39 is 42.1 Å². The second kappa shape index (κ2) is 17.8. The van der Waals surface area contributed by atoms with Crippen LogP contribution in [0.3, 0.4) is 0 Å². The molecule has 0 radical (unpaired) electrons. The molecule has 2 aromatic heterocycles. The Labute approximate surface area is 256 Å². The molecular weight excluding hydrogens is 550 g/mol. The Morgan fingerprint density at radius 1 is 1.02 bits per heavy atom. The number of aliphatic hydroxyl groups excluding tert-OH is 2. The average molecular weight is 606 g/mol. The molecule has 1 aliphatic heterocycles. The molecule has 2 aromatic rings. The normalized spacial score (nSPS) is 22.2. The van der Waals surface area contributed by atoms with E-state index in [4.69, 9.17) is 15.2 Å². The van der Waals surface area contributed by atoms with Crippen molar-refractivity contribution in [3.63, 3.8) is 0 Å². The van der Waals surface area contributed by atoms with Gasteiger partial charge in [-0.2, -0.15) is 4.98 Å². The van der Waals surface area contributed by atoms with Gasteiger partial charge in [0.05, 0.1) is 6.61 Å². The monoisotopic (exact) mass is 605 g/mol. The Kier molecular flexibility index (Phi) is 14.6. The maximum atomic E-state index is 13.8. The fourth-order valence-corrected chi connectivity index (χ4v) is 6.11. The van der Waals surface area contributed by atoms with E-state index in [0.717, 1.165) is 19.3 Å². The number of rotatable bonds is 22. The number of aliphatic hydroxyl groups is 2. The van der Waals surface area contributed by atoms with Crippen LogP contribution >= 0.6 is 0 Å². The molecule has 1 saturated heterocycles. The van der Waals surface area contributed by atoms with Gasteiger partial charge in [0, 0.05) is 12.5 Å². The quantitative estimate of drug-likeness (QED) is 0.135. The van der Waals surface area contributed by atoms with E-state index in [-0.39, 0.29) is 22.9 Å². The standard InChI is InChI=1S/C32H55N5O6/c1-4-5-6-7-8-9-10-11-12-13-14-15-16-17-18-19-20-42-28-26(39)24(21-38)43-32(28,27(40)23(2)3)37-22-34-25-29(37)35-31(33)36-30(25)41/h22-24,26,28,38-39H,4-21H2,1-3H3,(H3,33,35,36,41)/t24-,26-,28-,32-/m1/s1. The first-order valence-corrected chi connectivity index (χ1v) is 16.6. The molecule has 3 rings (SSSR count). The van der Waals surface area contributed by atoms with Crippen LogP contribution in [0.25, 0.3) is 11.2 Å². The van der Waals surface area contributed by atoms with E-state index >= 15 is 0 Å². The first-order chi connectivity index (χ1) is 20.8. The molecule has 0 aromatic carbocycles. The van der Waals surface area contributed by atoms with Crippen molar-refractivity contribution in [3.05, 3.63) is 16.7 Å². The summed E-state index contributed by atoms with van der Waals surface area (Å²) in [7, 11) is 0. The highest BCUT2D eigenvalue weighted by atomic mass is 16.6. The summed E-state index contributed by atoms with van der Waals surface area (Å²) in [6.45, 7) is 5.48. The molecule has 5 N–H and O–H groups in total. The largest absolute Gasteiger partial charge is 0.394 e. The highest BCUT2D eigenvalue weighted by Gasteiger charge is 2.62. The van der Waals surface area contributed by atoms with Gasteiger partial charge >= 0.3 is 0 Å². The number of H-pyrrole nitrogens is 1. The molecule has 43 heavy (non-hydrogen) atoms. The lowest BCUT2D eigenvalue weighted by Gasteiger charge is -2.35. The SMILES string of the molecule is CCCCCCCCCCCCCCCCCCO[C@@H]1[C@H](O)[C@@H](CO)O[C@@]1(C(=O)C(C)C)n1cnc2c(=O)[nH]c(N)nc21. The van der Waals surface area contributed by atoms with Crippen molar-refractivity contribution in [1.29, 1.82) is 0 Å². The van der Waals surface area contributed by atoms with Gasteiger partial charge in [0.1, 0.15) is 24.6 Å². The zero-order valence-corrected chi connectivity index (χ0v) is 26.6. The zero-order chi connectivity index (χ0) is 31.2. The minimum Gasteiger partial charge on any atom is -0.394 e. The third kappa shape index (κ3) is 9.09. The maximum Gasteiger partial charge on any atom is 0.280 e. The summed E-state index contributed by atoms with van der Waals surface area (Å²) in [4.78, 5) is 37.0. The van der Waals surface area contributed by atoms with Gasteiger partial charge in [0.25, 0.3) is 5.56 Å². The lowest BCUT2D eigenvalue weighted by atomic mass is 9.91. The number of ether oxygens (including phenoxy) is 2. The molecule has 244 valence electrons. The number of nitrogens with zero attached hydrogens (tertiary/aromatic N) is 3. The summed E-state index contributed by atoms with van der Waals surface area (Å²) >= 11 is 0. The van der Waals surface area contributed by atoms with E-state index in [1.807, 2.05) is 0 Å². The van der Waals surface area contributed by atoms with Gasteiger partial charge in [-0.1, -0.05) is 117 Å². The van der Waals surface area contributed by atoms with Crippen molar-refractivity contribution in [2.75, 3.05) is 18.9 Å². The van der Waals surface area contributed by atoms with Gasteiger partial charge in [0.2, 0.25) is 11.7 Å². The third-order valence-corrected chi connectivity index (χ3v) is 8.54. The zero-order valence-electron chi connectivity index (χ0n) is 26.6. The Morgan fingerprint density at radius 2 is 1.56 bits per heavy atom. The lowest BCUT2D eigenvalue weighted by molar-refractivity contribution is -0.183. The molecule has 0 bridgehead atoms. The highest BCUT2D eigenvalue weighted by molar-refractivity contribution is 5.89. The van der Waals surface area contributed by atoms with E-state index in [9.17, 15) is 19.8 Å². The molecule has 1 aliphatic rings. The summed E-state index contributed by atoms with van der Waals surface area (Å²) in [5, 5.41) is 21.1. The van der Waals surface area contributed by atoms with Crippen molar-refractivity contribution in [1.82, 2.24) is 19.5 Å². The molecule has 3 heterocycles. The highest BCUT2D eigenvalue weighted by Crippen LogP contribution is 2.41. The molecular formula is C32H55N5O6. The summed E-state index contributed by atoms with van der Waals surface area (Å²) < 4.78 is 13.6. The number of unbranched alkanes of at least 4 members (excludes halogenated alkanes) is 15. The van der Waals surface area contributed by atoms with Crippen LogP contribution < -0.4 is 11.3 Å². The van der Waals surface area contributed by atoms with Gasteiger partial charge in [-0.05, 0) is 6.42 Å². The van der Waals surface area contributed by atoms with Crippen LogP contribution in [0.1, 0.15) is 124 Å². The fraction of sp³-hybridized carbons (Fsp3) is 0.812. The minimum absolute atomic E-state index is 0.0211. The number of nitrogen functional groups attached to an aromatic ring is 1. The van der Waals surface area contributed by atoms with Crippen LogP contribution in [0.4, 0.5) is 5.95 Å². The van der Waals surface area contributed by atoms with Crippen LogP contribution in [0, 0.1) is 5.92 Å². The summed E-state index contributed by atoms with van der Waals surface area (Å²) in [5.41, 5.74) is 3.38. The molecule has 11 nitrogen and oxygen atoms in total. The summed E-state index contributed by atoms with van der Waals surface area (Å²) in [6, 6.07) is 0. The molecule has 0 spiro atoms. The lowest BCUT2D eigenvalue weighted by Crippen LogP contribution is -2.54. The average Bonchev–Trinajstić information content (AvgIpc) is 3.53. The van der Waals surface area contributed by atoms with Crippen LogP contribution in [-0.4, -0.2) is 67.0 Å². The summed E-state index contributed by atoms with van der Waals surface area (Å²) in [5.74, 6) is -1.06. The number of aromatic nitrogens is 4. The van der Waals surface area contributed by atoms with E-state index in [0.29, 0.717) is 6.61 Å². The van der Waals surface area contributed by atoms with Crippen molar-refractivity contribution < 1.29 is 24.5 Å². The second-order valence-electron chi connectivity index (χ2n) is 12.4. The Bertz CT molecular complexity index is 1170. The number of ketones is 1. The fourth-order valence-electron chi connectivity index (χ4n) is 6.11. The predicted octanol–water partition coefficient (Wildman–Crippen LogP) is 4.98. The summed E-state index contributed by atoms with van der Waals surface area (Å²) in [6.07, 6.45) is 17.9. The number of imidazole rings is 1. The molecule has 0 amide bonds. The van der Waals surface area contributed by atoms with Crippen LogP contribution in [0.5, 0.6) is 0 Å². The number of nitrogens with one attached hydrogen (secondary N) is 1. The maximum absolute atomic E-state index is 13.8. The molecule has 4 atom stereocenters. The van der Waals surface area contributed by atoms with E-state index in [1.54, 1.807) is 13.8 Å². The van der Waals surface area contributed by atoms with Gasteiger partial charge in [-0.3, -0.25) is 19.1 Å². The number of Topliss-reactive ketones (excluding diaryl/α,β-unsaturated/α-hetero) is 1. The number of hydrogen-bond acceptors (Lipinski definition) is 9. The van der Waals surface area contributed by atoms with Gasteiger partial charge in [-0.25, -0.2) is 4.98 Å². The van der Waals surface area contributed by atoms with E-state index in [2.05, 4.69) is 21.9 Å². The van der Waals surface area contributed by atoms with Gasteiger partial charge in [-0.15, -0.1) is 0 Å². The smallest absolute Gasteiger partial charge is 0.280 e. The Hall–Kier alpha value is -2.34. The van der Waals surface area contributed by atoms with Crippen LogP contribution in [-0.2, 0) is 20.0 Å². The Balaban J connectivity index is 1.49. The van der Waals surface area contributed by atoms with Gasteiger partial charge in [0.15, 0.2) is 16.9 Å². The predicted molar refractivity (Wildman–Crippen MR) is 168 cm³/mol. The molecule has 0 aliphatic carbocycles. The number of carbonyl (C=O) groups excluding carboxylic acids is 1. The van der Waals surface area contributed by atoms with Crippen molar-refractivity contribution in [2.45, 2.75) is 148 Å². The molecule has 1 fully saturated rings. The number of carbonyl (C=O) groups is 1. The molecule has 11 heteroatoms. The second-order valence-corrected chi connectivity index (χ2v) is 12.4. The molecule has 0 unspecified atom stereocenters. The van der Waals surface area contributed by atoms with Crippen molar-refractivity contribution in [2.24, 2.45) is 5.92 Å². The van der Waals surface area contributed by atoms with Crippen LogP contribution in [0.15, 0.2) is 11.1 Å². The third-order valence-electron chi connectivity index (χ3n) is 8.54. The topological polar surface area (TPSA) is 166 Å². The van der Waals surface area contributed by atoms with Crippen molar-refractivity contribution >= 4 is 22.9 Å². The Morgan fingerprint density at radius 3 is 2.07 bits per heavy atom. The first-order valence-electron chi connectivity index (χ1n) is 16.6. The van der Waals surface area contributed by atoms with Crippen molar-refractivity contribution in [3.8, 4) is 0 Å². The number of fused-ring (bicyclic) bond motifs is 1. The number of aromatic amines is 1. The molecule has 0 saturated carbocycles. The number of nitrogens with two attached hydrogens (primary N) is 1. The minimum atomic E-state index is -1.88. The van der Waals surface area contributed by atoms with Crippen LogP contribution in [0.2, 0.25) is 0 Å². The number of anilines is 1. The number of hydrogen-bond donors (Lipinski definition) is 4. The van der Waals surface area contributed by atoms with E-state index in [1.165, 1.54) is 94.4 Å².